The highest BCUT2D eigenvalue weighted by atomic mass is 32.2. The molecule has 1 aliphatic carbocycles. The average Bonchev–Trinajstić information content (AvgIpc) is 3.63. The van der Waals surface area contributed by atoms with Gasteiger partial charge in [-0.25, -0.2) is 4.98 Å². The molecule has 0 spiro atoms. The summed E-state index contributed by atoms with van der Waals surface area (Å²) in [6.07, 6.45) is 1.92. The van der Waals surface area contributed by atoms with Crippen molar-refractivity contribution < 1.29 is 9.59 Å². The third-order valence-electron chi connectivity index (χ3n) is 5.45. The van der Waals surface area contributed by atoms with Gasteiger partial charge in [0.15, 0.2) is 5.13 Å². The van der Waals surface area contributed by atoms with E-state index in [4.69, 9.17) is 0 Å². The molecule has 1 unspecified atom stereocenters. The SMILES string of the molecule is O=C(Nc1cccc(SC(C(=O)Nc2nc(-c3ccccc3)cs2)c2ccccc2)c1)C1CC1. The molecule has 0 aliphatic heterocycles. The number of carbonyl (C=O) groups excluding carboxylic acids is 2. The van der Waals surface area contributed by atoms with Crippen LogP contribution in [0.25, 0.3) is 11.3 Å². The number of benzene rings is 3. The predicted molar refractivity (Wildman–Crippen MR) is 139 cm³/mol. The zero-order valence-corrected chi connectivity index (χ0v) is 19.9. The quantitative estimate of drug-likeness (QED) is 0.275. The molecule has 7 heteroatoms. The lowest BCUT2D eigenvalue weighted by molar-refractivity contribution is -0.117. The Balaban J connectivity index is 1.34. The third-order valence-corrected chi connectivity index (χ3v) is 7.45. The minimum absolute atomic E-state index is 0.0671. The molecule has 5 nitrogen and oxygen atoms in total. The van der Waals surface area contributed by atoms with Crippen molar-refractivity contribution in [2.75, 3.05) is 10.6 Å². The van der Waals surface area contributed by atoms with Crippen LogP contribution in [0, 0.1) is 5.92 Å². The molecule has 2 amide bonds. The lowest BCUT2D eigenvalue weighted by atomic mass is 10.1. The number of anilines is 2. The van der Waals surface area contributed by atoms with Gasteiger partial charge in [-0.05, 0) is 36.6 Å². The van der Waals surface area contributed by atoms with Gasteiger partial charge in [0.25, 0.3) is 0 Å². The molecule has 2 N–H and O–H groups in total. The van der Waals surface area contributed by atoms with E-state index in [1.165, 1.54) is 23.1 Å². The van der Waals surface area contributed by atoms with Crippen LogP contribution in [-0.2, 0) is 9.59 Å². The van der Waals surface area contributed by atoms with Gasteiger partial charge in [-0.1, -0.05) is 66.7 Å². The van der Waals surface area contributed by atoms with Gasteiger partial charge in [0.05, 0.1) is 5.69 Å². The molecule has 0 bridgehead atoms. The Bertz CT molecular complexity index is 1290. The van der Waals surface area contributed by atoms with Crippen molar-refractivity contribution in [3.63, 3.8) is 0 Å². The second-order valence-corrected chi connectivity index (χ2v) is 10.1. The number of nitrogens with one attached hydrogen (secondary N) is 2. The molecule has 1 fully saturated rings. The molecule has 170 valence electrons. The van der Waals surface area contributed by atoms with E-state index >= 15 is 0 Å². The van der Waals surface area contributed by atoms with Crippen LogP contribution in [-0.4, -0.2) is 16.8 Å². The second kappa shape index (κ2) is 10.2. The predicted octanol–water partition coefficient (Wildman–Crippen LogP) is 6.63. The summed E-state index contributed by atoms with van der Waals surface area (Å²) < 4.78 is 0. The summed E-state index contributed by atoms with van der Waals surface area (Å²) in [6.45, 7) is 0. The molecular weight excluding hydrogens is 462 g/mol. The van der Waals surface area contributed by atoms with E-state index in [-0.39, 0.29) is 17.7 Å². The standard InChI is InChI=1S/C27H23N3O2S2/c31-25(20-14-15-20)28-21-12-7-13-22(16-21)34-24(19-10-5-2-6-11-19)26(32)30-27-29-23(17-33-27)18-8-3-1-4-9-18/h1-13,16-17,20,24H,14-15H2,(H,28,31)(H,29,30,32). The molecule has 4 aromatic rings. The third kappa shape index (κ3) is 5.55. The number of hydrogen-bond acceptors (Lipinski definition) is 5. The topological polar surface area (TPSA) is 71.1 Å². The minimum Gasteiger partial charge on any atom is -0.326 e. The molecule has 1 heterocycles. The Morgan fingerprint density at radius 3 is 2.38 bits per heavy atom. The van der Waals surface area contributed by atoms with Crippen LogP contribution in [0.4, 0.5) is 10.8 Å². The van der Waals surface area contributed by atoms with Crippen LogP contribution in [0.5, 0.6) is 0 Å². The molecule has 3 aromatic carbocycles. The summed E-state index contributed by atoms with van der Waals surface area (Å²) in [4.78, 5) is 31.1. The summed E-state index contributed by atoms with van der Waals surface area (Å²) in [5.74, 6) is 0.0632. The Hall–Kier alpha value is -3.42. The summed E-state index contributed by atoms with van der Waals surface area (Å²) in [5, 5.41) is 8.02. The van der Waals surface area contributed by atoms with E-state index in [1.54, 1.807) is 0 Å². The maximum atomic E-state index is 13.4. The summed E-state index contributed by atoms with van der Waals surface area (Å²) in [7, 11) is 0. The van der Waals surface area contributed by atoms with Crippen molar-refractivity contribution in [2.45, 2.75) is 23.0 Å². The fourth-order valence-electron chi connectivity index (χ4n) is 3.52. The van der Waals surface area contributed by atoms with Crippen LogP contribution < -0.4 is 10.6 Å². The van der Waals surface area contributed by atoms with Crippen molar-refractivity contribution in [1.82, 2.24) is 4.98 Å². The van der Waals surface area contributed by atoms with Gasteiger partial charge in [-0.2, -0.15) is 0 Å². The Morgan fingerprint density at radius 1 is 0.912 bits per heavy atom. The van der Waals surface area contributed by atoms with Crippen molar-refractivity contribution in [1.29, 1.82) is 0 Å². The number of carbonyl (C=O) groups is 2. The van der Waals surface area contributed by atoms with Crippen molar-refractivity contribution in [3.05, 3.63) is 95.9 Å². The highest BCUT2D eigenvalue weighted by Gasteiger charge is 2.29. The van der Waals surface area contributed by atoms with Crippen molar-refractivity contribution in [3.8, 4) is 11.3 Å². The van der Waals surface area contributed by atoms with E-state index in [9.17, 15) is 9.59 Å². The van der Waals surface area contributed by atoms with Gasteiger partial charge >= 0.3 is 0 Å². The molecule has 0 radical (unpaired) electrons. The van der Waals surface area contributed by atoms with Crippen LogP contribution in [0.15, 0.2) is 95.2 Å². The highest BCUT2D eigenvalue weighted by Crippen LogP contribution is 2.38. The summed E-state index contributed by atoms with van der Waals surface area (Å²) in [6, 6.07) is 27.3. The van der Waals surface area contributed by atoms with Crippen LogP contribution in [0.1, 0.15) is 23.7 Å². The average molecular weight is 486 g/mol. The van der Waals surface area contributed by atoms with Gasteiger partial charge in [-0.3, -0.25) is 9.59 Å². The van der Waals surface area contributed by atoms with Gasteiger partial charge < -0.3 is 10.6 Å². The zero-order chi connectivity index (χ0) is 23.3. The number of rotatable bonds is 8. The number of thioether (sulfide) groups is 1. The molecule has 34 heavy (non-hydrogen) atoms. The Morgan fingerprint density at radius 2 is 1.65 bits per heavy atom. The van der Waals surface area contributed by atoms with E-state index < -0.39 is 5.25 Å². The second-order valence-electron chi connectivity index (χ2n) is 8.09. The van der Waals surface area contributed by atoms with Crippen molar-refractivity contribution in [2.24, 2.45) is 5.92 Å². The molecule has 1 aliphatic rings. The molecule has 5 rings (SSSR count). The van der Waals surface area contributed by atoms with E-state index in [0.29, 0.717) is 5.13 Å². The largest absolute Gasteiger partial charge is 0.326 e. The van der Waals surface area contributed by atoms with E-state index in [0.717, 1.165) is 40.2 Å². The number of thiazole rings is 1. The first kappa shape index (κ1) is 22.4. The van der Waals surface area contributed by atoms with Gasteiger partial charge in [0, 0.05) is 27.4 Å². The van der Waals surface area contributed by atoms with Crippen LogP contribution in [0.3, 0.4) is 0 Å². The molecule has 1 aromatic heterocycles. The zero-order valence-electron chi connectivity index (χ0n) is 18.3. The number of nitrogens with zero attached hydrogens (tertiary/aromatic N) is 1. The highest BCUT2D eigenvalue weighted by molar-refractivity contribution is 8.00. The number of hydrogen-bond donors (Lipinski definition) is 2. The molecule has 1 atom stereocenters. The molecule has 0 saturated heterocycles. The van der Waals surface area contributed by atoms with Crippen LogP contribution >= 0.6 is 23.1 Å². The first-order chi connectivity index (χ1) is 16.7. The first-order valence-corrected chi connectivity index (χ1v) is 12.9. The van der Waals surface area contributed by atoms with E-state index in [2.05, 4.69) is 15.6 Å². The summed E-state index contributed by atoms with van der Waals surface area (Å²) >= 11 is 2.86. The first-order valence-electron chi connectivity index (χ1n) is 11.1. The normalized spacial score (nSPS) is 13.8. The minimum atomic E-state index is -0.473. The molecular formula is C27H23N3O2S2. The van der Waals surface area contributed by atoms with Gasteiger partial charge in [-0.15, -0.1) is 23.1 Å². The van der Waals surface area contributed by atoms with Gasteiger partial charge in [0.2, 0.25) is 11.8 Å². The monoisotopic (exact) mass is 485 g/mol. The van der Waals surface area contributed by atoms with Crippen LogP contribution in [0.2, 0.25) is 0 Å². The smallest absolute Gasteiger partial charge is 0.244 e. The Labute approximate surface area is 206 Å². The fraction of sp³-hybridized carbons (Fsp3) is 0.148. The lowest BCUT2D eigenvalue weighted by Crippen LogP contribution is -2.19. The maximum Gasteiger partial charge on any atom is 0.244 e. The number of amides is 2. The van der Waals surface area contributed by atoms with E-state index in [1.807, 2.05) is 90.3 Å². The van der Waals surface area contributed by atoms with Crippen molar-refractivity contribution >= 4 is 45.7 Å². The maximum absolute atomic E-state index is 13.4. The summed E-state index contributed by atoms with van der Waals surface area (Å²) in [5.41, 5.74) is 3.50. The van der Waals surface area contributed by atoms with Gasteiger partial charge in [0.1, 0.15) is 5.25 Å². The fourth-order valence-corrected chi connectivity index (χ4v) is 5.32. The molecule has 1 saturated carbocycles. The number of aromatic nitrogens is 1. The lowest BCUT2D eigenvalue weighted by Gasteiger charge is -2.17. The Kier molecular flexibility index (Phi) is 6.74.